The van der Waals surface area contributed by atoms with E-state index < -0.39 is 0 Å². The van der Waals surface area contributed by atoms with Crippen molar-refractivity contribution in [1.29, 1.82) is 0 Å². The summed E-state index contributed by atoms with van der Waals surface area (Å²) in [6.45, 7) is 5.66. The van der Waals surface area contributed by atoms with Gasteiger partial charge in [-0.25, -0.2) is 0 Å². The van der Waals surface area contributed by atoms with E-state index >= 15 is 0 Å². The lowest BCUT2D eigenvalue weighted by Gasteiger charge is -2.30. The largest absolute Gasteiger partial charge is 0.320 e. The summed E-state index contributed by atoms with van der Waals surface area (Å²) < 4.78 is 0. The summed E-state index contributed by atoms with van der Waals surface area (Å²) in [6, 6.07) is 5.49. The van der Waals surface area contributed by atoms with Crippen molar-refractivity contribution >= 4 is 11.3 Å². The highest BCUT2D eigenvalue weighted by molar-refractivity contribution is 7.10. The molecule has 1 rings (SSSR count). The van der Waals surface area contributed by atoms with Crippen molar-refractivity contribution in [2.24, 2.45) is 0 Å². The highest BCUT2D eigenvalue weighted by Crippen LogP contribution is 2.25. The van der Waals surface area contributed by atoms with E-state index in [1.165, 1.54) is 11.3 Å². The molecule has 1 aromatic rings. The van der Waals surface area contributed by atoms with Gasteiger partial charge >= 0.3 is 0 Å². The maximum absolute atomic E-state index is 3.20. The average molecular weight is 226 g/mol. The Balaban J connectivity index is 2.48. The second kappa shape index (κ2) is 6.26. The molecule has 0 fully saturated rings. The molecule has 2 unspecified atom stereocenters. The zero-order valence-corrected chi connectivity index (χ0v) is 11.0. The Kier molecular flexibility index (Phi) is 5.29. The Morgan fingerprint density at radius 2 is 2.20 bits per heavy atom. The summed E-state index contributed by atoms with van der Waals surface area (Å²) in [6.07, 6.45) is 1.20. The van der Waals surface area contributed by atoms with E-state index in [1.807, 2.05) is 18.4 Å². The molecule has 0 saturated carbocycles. The molecule has 0 bridgehead atoms. The smallest absolute Gasteiger partial charge is 0.0413 e. The van der Waals surface area contributed by atoms with Crippen LogP contribution in [0.1, 0.15) is 31.2 Å². The van der Waals surface area contributed by atoms with Gasteiger partial charge in [0, 0.05) is 17.0 Å². The topological polar surface area (TPSA) is 15.3 Å². The molecule has 0 spiro atoms. The number of hydrogen-bond donors (Lipinski definition) is 1. The lowest BCUT2D eigenvalue weighted by molar-refractivity contribution is 0.191. The molecule has 1 N–H and O–H groups in total. The van der Waals surface area contributed by atoms with Crippen LogP contribution in [0.5, 0.6) is 0 Å². The second-order valence-electron chi connectivity index (χ2n) is 4.10. The van der Waals surface area contributed by atoms with Gasteiger partial charge in [0.2, 0.25) is 0 Å². The molecule has 1 heterocycles. The van der Waals surface area contributed by atoms with Crippen LogP contribution in [0.4, 0.5) is 0 Å². The van der Waals surface area contributed by atoms with Gasteiger partial charge in [0.25, 0.3) is 0 Å². The Hall–Kier alpha value is -0.380. The third kappa shape index (κ3) is 3.59. The maximum atomic E-state index is 3.20. The first-order chi connectivity index (χ1) is 7.16. The molecule has 0 aliphatic rings. The van der Waals surface area contributed by atoms with Gasteiger partial charge in [0.15, 0.2) is 0 Å². The molecule has 15 heavy (non-hydrogen) atoms. The van der Waals surface area contributed by atoms with E-state index in [0.717, 1.165) is 6.54 Å². The van der Waals surface area contributed by atoms with Crippen LogP contribution in [0.3, 0.4) is 0 Å². The number of rotatable bonds is 6. The van der Waals surface area contributed by atoms with Crippen molar-refractivity contribution in [3.8, 4) is 0 Å². The molecule has 0 aliphatic heterocycles. The SMILES string of the molecule is CNCCC(C)N(C)C(C)c1cccs1. The van der Waals surface area contributed by atoms with Crippen LogP contribution in [-0.2, 0) is 0 Å². The first-order valence-electron chi connectivity index (χ1n) is 5.56. The van der Waals surface area contributed by atoms with E-state index in [2.05, 4.69) is 48.6 Å². The van der Waals surface area contributed by atoms with Crippen LogP contribution < -0.4 is 5.32 Å². The Bertz CT molecular complexity index is 259. The third-order valence-electron chi connectivity index (χ3n) is 3.07. The van der Waals surface area contributed by atoms with E-state index in [9.17, 15) is 0 Å². The van der Waals surface area contributed by atoms with E-state index in [4.69, 9.17) is 0 Å². The zero-order chi connectivity index (χ0) is 11.3. The summed E-state index contributed by atoms with van der Waals surface area (Å²) >= 11 is 1.84. The lowest BCUT2D eigenvalue weighted by atomic mass is 10.1. The Morgan fingerprint density at radius 1 is 1.47 bits per heavy atom. The van der Waals surface area contributed by atoms with Crippen molar-refractivity contribution in [3.63, 3.8) is 0 Å². The van der Waals surface area contributed by atoms with Gasteiger partial charge in [-0.1, -0.05) is 6.07 Å². The minimum atomic E-state index is 0.525. The standard InChI is InChI=1S/C12H22N2S/c1-10(7-8-13-3)14(4)11(2)12-6-5-9-15-12/h5-6,9-11,13H,7-8H2,1-4H3. The molecule has 1 aromatic heterocycles. The zero-order valence-electron chi connectivity index (χ0n) is 10.2. The van der Waals surface area contributed by atoms with Crippen LogP contribution in [-0.4, -0.2) is 31.6 Å². The van der Waals surface area contributed by atoms with Crippen molar-refractivity contribution < 1.29 is 0 Å². The van der Waals surface area contributed by atoms with E-state index in [-0.39, 0.29) is 0 Å². The normalized spacial score (nSPS) is 15.5. The molecule has 0 saturated heterocycles. The maximum Gasteiger partial charge on any atom is 0.0413 e. The minimum Gasteiger partial charge on any atom is -0.320 e. The van der Waals surface area contributed by atoms with Crippen molar-refractivity contribution in [3.05, 3.63) is 22.4 Å². The summed E-state index contributed by atoms with van der Waals surface area (Å²) in [4.78, 5) is 3.90. The average Bonchev–Trinajstić information content (AvgIpc) is 2.77. The van der Waals surface area contributed by atoms with Crippen LogP contribution in [0.15, 0.2) is 17.5 Å². The number of nitrogens with zero attached hydrogens (tertiary/aromatic N) is 1. The third-order valence-corrected chi connectivity index (χ3v) is 4.12. The van der Waals surface area contributed by atoms with Crippen LogP contribution in [0, 0.1) is 0 Å². The summed E-state index contributed by atoms with van der Waals surface area (Å²) in [5, 5.41) is 5.35. The van der Waals surface area contributed by atoms with Crippen LogP contribution in [0.2, 0.25) is 0 Å². The monoisotopic (exact) mass is 226 g/mol. The highest BCUT2D eigenvalue weighted by atomic mass is 32.1. The number of thiophene rings is 1. The summed E-state index contributed by atoms with van der Waals surface area (Å²) in [5.74, 6) is 0. The van der Waals surface area contributed by atoms with E-state index in [1.54, 1.807) is 0 Å². The number of nitrogens with one attached hydrogen (secondary N) is 1. The molecule has 86 valence electrons. The van der Waals surface area contributed by atoms with Crippen molar-refractivity contribution in [2.45, 2.75) is 32.4 Å². The van der Waals surface area contributed by atoms with Gasteiger partial charge in [-0.15, -0.1) is 11.3 Å². The molecule has 3 heteroatoms. The first-order valence-corrected chi connectivity index (χ1v) is 6.44. The van der Waals surface area contributed by atoms with Gasteiger partial charge in [0.1, 0.15) is 0 Å². The van der Waals surface area contributed by atoms with E-state index in [0.29, 0.717) is 12.1 Å². The summed E-state index contributed by atoms with van der Waals surface area (Å²) in [5.41, 5.74) is 0. The van der Waals surface area contributed by atoms with Gasteiger partial charge in [-0.3, -0.25) is 4.90 Å². The lowest BCUT2D eigenvalue weighted by Crippen LogP contribution is -2.33. The predicted molar refractivity (Wildman–Crippen MR) is 68.5 cm³/mol. The van der Waals surface area contributed by atoms with Gasteiger partial charge in [0.05, 0.1) is 0 Å². The molecule has 0 amide bonds. The fraction of sp³-hybridized carbons (Fsp3) is 0.667. The minimum absolute atomic E-state index is 0.525. The Labute approximate surface area is 97.3 Å². The van der Waals surface area contributed by atoms with Crippen molar-refractivity contribution in [1.82, 2.24) is 10.2 Å². The molecular formula is C12H22N2S. The Morgan fingerprint density at radius 3 is 2.73 bits per heavy atom. The molecule has 2 nitrogen and oxygen atoms in total. The van der Waals surface area contributed by atoms with Crippen LogP contribution >= 0.6 is 11.3 Å². The molecule has 0 aromatic carbocycles. The van der Waals surface area contributed by atoms with Crippen molar-refractivity contribution in [2.75, 3.05) is 20.6 Å². The molecule has 0 radical (unpaired) electrons. The molecule has 0 aliphatic carbocycles. The van der Waals surface area contributed by atoms with Gasteiger partial charge < -0.3 is 5.32 Å². The van der Waals surface area contributed by atoms with Gasteiger partial charge in [-0.2, -0.15) is 0 Å². The summed E-state index contributed by atoms with van der Waals surface area (Å²) in [7, 11) is 4.22. The van der Waals surface area contributed by atoms with Crippen LogP contribution in [0.25, 0.3) is 0 Å². The predicted octanol–water partition coefficient (Wildman–Crippen LogP) is 2.74. The number of hydrogen-bond acceptors (Lipinski definition) is 3. The first kappa shape index (κ1) is 12.7. The molecular weight excluding hydrogens is 204 g/mol. The van der Waals surface area contributed by atoms with Gasteiger partial charge in [-0.05, 0) is 52.4 Å². The fourth-order valence-corrected chi connectivity index (χ4v) is 2.50. The molecule has 2 atom stereocenters. The quantitative estimate of drug-likeness (QED) is 0.802. The highest BCUT2D eigenvalue weighted by Gasteiger charge is 2.17. The second-order valence-corrected chi connectivity index (χ2v) is 5.08. The fourth-order valence-electron chi connectivity index (χ4n) is 1.67.